The number of rotatable bonds is 9. The fourth-order valence-electron chi connectivity index (χ4n) is 6.86. The first-order chi connectivity index (χ1) is 25.3. The minimum atomic E-state index is 0.269. The van der Waals surface area contributed by atoms with Crippen LogP contribution in [-0.4, -0.2) is 37.7 Å². The summed E-state index contributed by atoms with van der Waals surface area (Å²) in [6, 6.07) is 25.0. The molecule has 4 aromatic carbocycles. The number of para-hydroxylation sites is 2. The molecule has 7 heteroatoms. The zero-order valence-electron chi connectivity index (χ0n) is 33.6. The summed E-state index contributed by atoms with van der Waals surface area (Å²) in [6.45, 7) is 21.9. The van der Waals surface area contributed by atoms with Crippen molar-refractivity contribution in [2.24, 2.45) is 0 Å². The normalized spacial score (nSPS) is 11.1. The molecule has 2 aromatic heterocycles. The maximum Gasteiger partial charge on any atom is 0.144 e. The predicted octanol–water partition coefficient (Wildman–Crippen LogP) is 12.8. The Labute approximate surface area is 322 Å². The van der Waals surface area contributed by atoms with Gasteiger partial charge in [-0.3, -0.25) is 9.13 Å². The summed E-state index contributed by atoms with van der Waals surface area (Å²) < 4.78 is 9.87. The third kappa shape index (κ3) is 9.41. The van der Waals surface area contributed by atoms with E-state index in [1.807, 2.05) is 31.6 Å². The zero-order chi connectivity index (χ0) is 39.0. The number of hydrogen-bond donors (Lipinski definition) is 1. The number of methoxy groups -OCH3 is 1. The lowest BCUT2D eigenvalue weighted by atomic mass is 9.92. The SMILES string of the molecule is CCl.COc1cc(C)cc(-c2nccn2-c2c(C(C)C)cccc2C(C)C)c1.Cc1cc(O)cc(-c2nccn2-c2c(C(C)C)cccc2C(C)C)c1. The molecular weight excluding hydrogens is 676 g/mol. The van der Waals surface area contributed by atoms with Crippen LogP contribution >= 0.6 is 11.6 Å². The van der Waals surface area contributed by atoms with Crippen LogP contribution in [0.2, 0.25) is 0 Å². The second-order valence-electron chi connectivity index (χ2n) is 14.7. The van der Waals surface area contributed by atoms with Crippen LogP contribution in [0.15, 0.2) is 97.6 Å². The number of halogens is 1. The number of aryl methyl sites for hydroxylation is 2. The van der Waals surface area contributed by atoms with Crippen LogP contribution in [0.25, 0.3) is 34.2 Å². The van der Waals surface area contributed by atoms with E-state index < -0.39 is 0 Å². The molecule has 0 fully saturated rings. The summed E-state index contributed by atoms with van der Waals surface area (Å²) in [6.07, 6.45) is 9.26. The fourth-order valence-corrected chi connectivity index (χ4v) is 6.86. The van der Waals surface area contributed by atoms with E-state index in [9.17, 15) is 5.11 Å². The van der Waals surface area contributed by atoms with Gasteiger partial charge in [0.2, 0.25) is 0 Å². The van der Waals surface area contributed by atoms with Crippen molar-refractivity contribution in [3.05, 3.63) is 131 Å². The van der Waals surface area contributed by atoms with E-state index in [0.29, 0.717) is 23.7 Å². The number of aromatic nitrogens is 4. The summed E-state index contributed by atoms with van der Waals surface area (Å²) >= 11 is 4.64. The number of phenols is 1. The largest absolute Gasteiger partial charge is 0.508 e. The molecule has 0 unspecified atom stereocenters. The van der Waals surface area contributed by atoms with Crippen LogP contribution in [0.5, 0.6) is 11.5 Å². The number of ether oxygens (including phenoxy) is 1. The average Bonchev–Trinajstić information content (AvgIpc) is 3.82. The molecule has 0 amide bonds. The highest BCUT2D eigenvalue weighted by molar-refractivity contribution is 6.15. The smallest absolute Gasteiger partial charge is 0.144 e. The standard InChI is InChI=1S/C23H28N2O.C22H26N2O.CH3Cl/c1-15(2)20-8-7-9-21(16(3)4)22(20)25-11-10-24-23(25)18-12-17(5)13-19(14-18)26-6;1-14(2)19-7-6-8-20(15(3)4)21(19)24-10-9-23-22(24)17-11-16(5)12-18(25)13-17;1-2/h7-16H,1-6H3;6-15,25H,1-5H3;1H3. The molecule has 0 atom stereocenters. The highest BCUT2D eigenvalue weighted by Gasteiger charge is 2.20. The zero-order valence-corrected chi connectivity index (χ0v) is 34.3. The van der Waals surface area contributed by atoms with Crippen molar-refractivity contribution < 1.29 is 9.84 Å². The second kappa shape index (κ2) is 18.3. The van der Waals surface area contributed by atoms with Crippen molar-refractivity contribution >= 4 is 11.6 Å². The van der Waals surface area contributed by atoms with E-state index in [2.05, 4.69) is 154 Å². The number of benzene rings is 4. The lowest BCUT2D eigenvalue weighted by Gasteiger charge is -2.22. The van der Waals surface area contributed by atoms with Gasteiger partial charge in [-0.25, -0.2) is 9.97 Å². The van der Waals surface area contributed by atoms with Gasteiger partial charge in [0.05, 0.1) is 18.5 Å². The van der Waals surface area contributed by atoms with E-state index in [-0.39, 0.29) is 5.75 Å². The van der Waals surface area contributed by atoms with Gasteiger partial charge in [0.15, 0.2) is 0 Å². The first kappa shape index (κ1) is 41.0. The van der Waals surface area contributed by atoms with Crippen molar-refractivity contribution in [3.63, 3.8) is 0 Å². The molecule has 0 bridgehead atoms. The van der Waals surface area contributed by atoms with Crippen molar-refractivity contribution in [3.8, 4) is 45.6 Å². The molecule has 6 rings (SSSR count). The molecule has 6 nitrogen and oxygen atoms in total. The second-order valence-corrected chi connectivity index (χ2v) is 14.7. The van der Waals surface area contributed by atoms with E-state index in [0.717, 1.165) is 39.7 Å². The van der Waals surface area contributed by atoms with Crippen LogP contribution in [0.1, 0.15) is 112 Å². The summed E-state index contributed by atoms with van der Waals surface area (Å²) in [5, 5.41) is 10.0. The van der Waals surface area contributed by atoms with Crippen molar-refractivity contribution in [2.45, 2.75) is 92.9 Å². The molecule has 0 saturated carbocycles. The maximum atomic E-state index is 10.0. The Bertz CT molecular complexity index is 2030. The molecular formula is C46H57ClN4O2. The molecule has 53 heavy (non-hydrogen) atoms. The Morgan fingerprint density at radius 1 is 0.566 bits per heavy atom. The quantitative estimate of drug-likeness (QED) is 0.150. The minimum Gasteiger partial charge on any atom is -0.508 e. The number of hydrogen-bond acceptors (Lipinski definition) is 4. The number of imidazole rings is 2. The highest BCUT2D eigenvalue weighted by Crippen LogP contribution is 2.36. The summed E-state index contributed by atoms with van der Waals surface area (Å²) in [5.74, 6) is 4.62. The lowest BCUT2D eigenvalue weighted by molar-refractivity contribution is 0.414. The van der Waals surface area contributed by atoms with Crippen LogP contribution in [-0.2, 0) is 0 Å². The average molecular weight is 733 g/mol. The number of nitrogens with zero attached hydrogens (tertiary/aromatic N) is 4. The van der Waals surface area contributed by atoms with Crippen LogP contribution < -0.4 is 4.74 Å². The highest BCUT2D eigenvalue weighted by atomic mass is 35.5. The van der Waals surface area contributed by atoms with E-state index in [1.165, 1.54) is 40.0 Å². The lowest BCUT2D eigenvalue weighted by Crippen LogP contribution is -2.08. The molecule has 6 aromatic rings. The predicted molar refractivity (Wildman–Crippen MR) is 224 cm³/mol. The summed E-state index contributed by atoms with van der Waals surface area (Å²) in [4.78, 5) is 9.29. The Balaban J connectivity index is 0.000000226. The van der Waals surface area contributed by atoms with Gasteiger partial charge in [-0.1, -0.05) is 91.8 Å². The van der Waals surface area contributed by atoms with Gasteiger partial charge in [0.1, 0.15) is 23.1 Å². The third-order valence-corrected chi connectivity index (χ3v) is 9.31. The van der Waals surface area contributed by atoms with Gasteiger partial charge in [0, 0.05) is 42.3 Å². The van der Waals surface area contributed by atoms with E-state index in [4.69, 9.17) is 4.74 Å². The molecule has 1 N–H and O–H groups in total. The molecule has 0 aliphatic heterocycles. The topological polar surface area (TPSA) is 65.1 Å². The Hall–Kier alpha value is -4.81. The first-order valence-corrected chi connectivity index (χ1v) is 19.2. The van der Waals surface area contributed by atoms with Crippen molar-refractivity contribution in [2.75, 3.05) is 13.5 Å². The maximum absolute atomic E-state index is 10.0. The number of phenolic OH excluding ortho intramolecular Hbond substituents is 1. The molecule has 0 aliphatic rings. The van der Waals surface area contributed by atoms with Crippen LogP contribution in [0.4, 0.5) is 0 Å². The first-order valence-electron chi connectivity index (χ1n) is 18.5. The molecule has 2 heterocycles. The van der Waals surface area contributed by atoms with Gasteiger partial charge in [0.25, 0.3) is 0 Å². The van der Waals surface area contributed by atoms with E-state index >= 15 is 0 Å². The van der Waals surface area contributed by atoms with Gasteiger partial charge in [-0.05, 0) is 107 Å². The summed E-state index contributed by atoms with van der Waals surface area (Å²) in [5.41, 5.74) is 11.9. The Morgan fingerprint density at radius 3 is 1.30 bits per heavy atom. The van der Waals surface area contributed by atoms with Gasteiger partial charge >= 0.3 is 0 Å². The minimum absolute atomic E-state index is 0.269. The Kier molecular flexibility index (Phi) is 14.1. The molecule has 0 saturated heterocycles. The van der Waals surface area contributed by atoms with Gasteiger partial charge in [-0.2, -0.15) is 0 Å². The van der Waals surface area contributed by atoms with Gasteiger partial charge < -0.3 is 9.84 Å². The molecule has 280 valence electrons. The van der Waals surface area contributed by atoms with Crippen LogP contribution in [0.3, 0.4) is 0 Å². The van der Waals surface area contributed by atoms with Gasteiger partial charge in [-0.15, -0.1) is 11.6 Å². The fraction of sp³-hybridized carbons (Fsp3) is 0.348. The number of aromatic hydroxyl groups is 1. The monoisotopic (exact) mass is 732 g/mol. The third-order valence-electron chi connectivity index (χ3n) is 9.31. The molecule has 0 spiro atoms. The van der Waals surface area contributed by atoms with Crippen molar-refractivity contribution in [1.29, 1.82) is 0 Å². The van der Waals surface area contributed by atoms with Crippen LogP contribution in [0, 0.1) is 13.8 Å². The Morgan fingerprint density at radius 2 is 0.943 bits per heavy atom. The summed E-state index contributed by atoms with van der Waals surface area (Å²) in [7, 11) is 1.70. The van der Waals surface area contributed by atoms with E-state index in [1.54, 1.807) is 19.2 Å². The number of alkyl halides is 1. The molecule has 0 aliphatic carbocycles. The molecule has 0 radical (unpaired) electrons. The van der Waals surface area contributed by atoms with Crippen molar-refractivity contribution in [1.82, 2.24) is 19.1 Å².